The van der Waals surface area contributed by atoms with Gasteiger partial charge in [0.1, 0.15) is 5.75 Å². The second-order valence-corrected chi connectivity index (χ2v) is 8.45. The molecule has 0 saturated carbocycles. The summed E-state index contributed by atoms with van der Waals surface area (Å²) in [5.41, 5.74) is 3.94. The van der Waals surface area contributed by atoms with Gasteiger partial charge >= 0.3 is 6.61 Å². The predicted molar refractivity (Wildman–Crippen MR) is 132 cm³/mol. The van der Waals surface area contributed by atoms with Gasteiger partial charge in [0.15, 0.2) is 0 Å². The lowest BCUT2D eigenvalue weighted by molar-refractivity contribution is -0.127. The van der Waals surface area contributed by atoms with Gasteiger partial charge in [0.05, 0.1) is 5.92 Å². The average Bonchev–Trinajstić information content (AvgIpc) is 2.87. The number of rotatable bonds is 8. The van der Waals surface area contributed by atoms with E-state index in [0.29, 0.717) is 31.9 Å². The van der Waals surface area contributed by atoms with Crippen LogP contribution in [0.5, 0.6) is 5.75 Å². The molecule has 3 aromatic rings. The van der Waals surface area contributed by atoms with E-state index in [4.69, 9.17) is 0 Å². The molecular formula is C26H27F2N5O3. The highest BCUT2D eigenvalue weighted by atomic mass is 19.3. The zero-order valence-electron chi connectivity index (χ0n) is 20.0. The molecule has 10 heteroatoms. The third-order valence-corrected chi connectivity index (χ3v) is 6.02. The van der Waals surface area contributed by atoms with Crippen LogP contribution in [-0.4, -0.2) is 41.5 Å². The van der Waals surface area contributed by atoms with Crippen molar-refractivity contribution in [3.05, 3.63) is 60.4 Å². The first-order valence-corrected chi connectivity index (χ1v) is 11.7. The molecule has 4 rings (SSSR count). The number of piperidine rings is 1. The number of amides is 2. The van der Waals surface area contributed by atoms with Crippen molar-refractivity contribution in [1.82, 2.24) is 15.3 Å². The number of benzene rings is 2. The number of hydrogen-bond donors (Lipinski definition) is 2. The van der Waals surface area contributed by atoms with Crippen LogP contribution in [-0.2, 0) is 9.59 Å². The summed E-state index contributed by atoms with van der Waals surface area (Å²) in [7, 11) is 0. The van der Waals surface area contributed by atoms with Gasteiger partial charge in [-0.2, -0.15) is 8.78 Å². The van der Waals surface area contributed by atoms with Crippen molar-refractivity contribution in [3.8, 4) is 16.9 Å². The van der Waals surface area contributed by atoms with Gasteiger partial charge in [0, 0.05) is 48.8 Å². The molecule has 1 aliphatic heterocycles. The normalized spacial score (nSPS) is 15.4. The lowest BCUT2D eigenvalue weighted by atomic mass is 9.97. The van der Waals surface area contributed by atoms with Crippen LogP contribution in [0, 0.1) is 12.8 Å². The third-order valence-electron chi connectivity index (χ3n) is 6.02. The van der Waals surface area contributed by atoms with Crippen molar-refractivity contribution < 1.29 is 23.1 Å². The zero-order chi connectivity index (χ0) is 25.7. The molecule has 2 aromatic carbocycles. The van der Waals surface area contributed by atoms with E-state index in [1.807, 2.05) is 32.0 Å². The number of aryl methyl sites for hydroxylation is 1. The molecule has 36 heavy (non-hydrogen) atoms. The second-order valence-electron chi connectivity index (χ2n) is 8.45. The van der Waals surface area contributed by atoms with Gasteiger partial charge < -0.3 is 20.3 Å². The Morgan fingerprint density at radius 1 is 1.17 bits per heavy atom. The summed E-state index contributed by atoms with van der Waals surface area (Å²) >= 11 is 0. The van der Waals surface area contributed by atoms with Crippen LogP contribution >= 0.6 is 0 Å². The molecule has 188 valence electrons. The van der Waals surface area contributed by atoms with Crippen LogP contribution in [0.25, 0.3) is 11.1 Å². The van der Waals surface area contributed by atoms with Gasteiger partial charge in [0.25, 0.3) is 0 Å². The number of halogens is 2. The highest BCUT2D eigenvalue weighted by Gasteiger charge is 2.29. The molecule has 1 atom stereocenters. The smallest absolute Gasteiger partial charge is 0.387 e. The van der Waals surface area contributed by atoms with Gasteiger partial charge in [-0.15, -0.1) is 0 Å². The number of nitrogens with zero attached hydrogens (tertiary/aromatic N) is 3. The van der Waals surface area contributed by atoms with Gasteiger partial charge in [-0.1, -0.05) is 18.2 Å². The van der Waals surface area contributed by atoms with Crippen LogP contribution in [0.15, 0.2) is 54.9 Å². The van der Waals surface area contributed by atoms with Crippen molar-refractivity contribution in [2.75, 3.05) is 23.3 Å². The largest absolute Gasteiger partial charge is 0.435 e. The minimum atomic E-state index is -2.87. The number of carbonyl (C=O) groups excluding carboxylic acids is 2. The lowest BCUT2D eigenvalue weighted by Crippen LogP contribution is -2.45. The first kappa shape index (κ1) is 25.0. The summed E-state index contributed by atoms with van der Waals surface area (Å²) in [5, 5.41) is 5.94. The molecule has 1 aliphatic rings. The Kier molecular flexibility index (Phi) is 7.72. The maximum Gasteiger partial charge on any atom is 0.387 e. The number of ether oxygens (including phenoxy) is 1. The molecule has 1 unspecified atom stereocenters. The molecule has 0 radical (unpaired) electrons. The average molecular weight is 496 g/mol. The fraction of sp³-hybridized carbons (Fsp3) is 0.308. The molecule has 0 bridgehead atoms. The number of carbonyl (C=O) groups is 2. The van der Waals surface area contributed by atoms with E-state index in [-0.39, 0.29) is 23.5 Å². The predicted octanol–water partition coefficient (Wildman–Crippen LogP) is 4.68. The Labute approximate surface area is 207 Å². The first-order valence-electron chi connectivity index (χ1n) is 11.7. The fourth-order valence-electron chi connectivity index (χ4n) is 4.09. The Morgan fingerprint density at radius 2 is 1.89 bits per heavy atom. The van der Waals surface area contributed by atoms with Crippen molar-refractivity contribution >= 4 is 29.1 Å². The van der Waals surface area contributed by atoms with E-state index in [1.54, 1.807) is 29.4 Å². The van der Waals surface area contributed by atoms with E-state index in [9.17, 15) is 18.4 Å². The molecule has 2 heterocycles. The lowest BCUT2D eigenvalue weighted by Gasteiger charge is -2.30. The third kappa shape index (κ3) is 5.94. The van der Waals surface area contributed by atoms with E-state index in [1.165, 1.54) is 12.1 Å². The highest BCUT2D eigenvalue weighted by Crippen LogP contribution is 2.29. The topological polar surface area (TPSA) is 96.5 Å². The monoisotopic (exact) mass is 495 g/mol. The van der Waals surface area contributed by atoms with Crippen LogP contribution in [0.1, 0.15) is 25.3 Å². The summed E-state index contributed by atoms with van der Waals surface area (Å²) in [6.45, 7) is 1.85. The van der Waals surface area contributed by atoms with Gasteiger partial charge in [-0.05, 0) is 55.7 Å². The summed E-state index contributed by atoms with van der Waals surface area (Å²) < 4.78 is 29.0. The van der Waals surface area contributed by atoms with E-state index in [0.717, 1.165) is 28.1 Å². The Morgan fingerprint density at radius 3 is 2.50 bits per heavy atom. The zero-order valence-corrected chi connectivity index (χ0v) is 20.0. The van der Waals surface area contributed by atoms with Gasteiger partial charge in [0.2, 0.25) is 17.8 Å². The fourth-order valence-corrected chi connectivity index (χ4v) is 4.09. The standard InChI is InChI=1S/C26H27F2N5O3/c1-3-33(24(35)18-7-11-23(34)29-13-18)22-12-20(8-4-16(22)2)32-26-30-14-19(15-31-26)17-5-9-21(10-6-17)36-25(27)28/h4-6,8-10,12,14-15,18,25H,3,7,11,13H2,1-2H3,(H,29,34)(H,30,31,32). The summed E-state index contributed by atoms with van der Waals surface area (Å²) in [4.78, 5) is 35.1. The molecule has 0 aliphatic carbocycles. The maximum atomic E-state index is 13.2. The maximum absolute atomic E-state index is 13.2. The Balaban J connectivity index is 1.47. The molecule has 2 amide bonds. The number of nitrogens with one attached hydrogen (secondary N) is 2. The molecule has 1 saturated heterocycles. The highest BCUT2D eigenvalue weighted by molar-refractivity contribution is 5.97. The Bertz CT molecular complexity index is 1210. The summed E-state index contributed by atoms with van der Waals surface area (Å²) in [5.74, 6) is 0.175. The summed E-state index contributed by atoms with van der Waals surface area (Å²) in [6.07, 6.45) is 4.16. The Hall–Kier alpha value is -4.08. The van der Waals surface area contributed by atoms with E-state index < -0.39 is 6.61 Å². The second kappa shape index (κ2) is 11.1. The van der Waals surface area contributed by atoms with E-state index >= 15 is 0 Å². The minimum absolute atomic E-state index is 0.0108. The number of anilines is 3. The van der Waals surface area contributed by atoms with Crippen LogP contribution in [0.4, 0.5) is 26.1 Å². The SMILES string of the molecule is CCN(C(=O)C1CCC(=O)NC1)c1cc(Nc2ncc(-c3ccc(OC(F)F)cc3)cn2)ccc1C. The van der Waals surface area contributed by atoms with Gasteiger partial charge in [-0.25, -0.2) is 9.97 Å². The number of alkyl halides is 2. The van der Waals surface area contributed by atoms with Crippen LogP contribution in [0.2, 0.25) is 0 Å². The summed E-state index contributed by atoms with van der Waals surface area (Å²) in [6, 6.07) is 11.9. The van der Waals surface area contributed by atoms with Crippen molar-refractivity contribution in [2.24, 2.45) is 5.92 Å². The molecule has 2 N–H and O–H groups in total. The first-order chi connectivity index (χ1) is 17.3. The van der Waals surface area contributed by atoms with E-state index in [2.05, 4.69) is 25.3 Å². The van der Waals surface area contributed by atoms with Gasteiger partial charge in [-0.3, -0.25) is 9.59 Å². The molecule has 1 aromatic heterocycles. The van der Waals surface area contributed by atoms with Crippen LogP contribution < -0.4 is 20.3 Å². The number of aromatic nitrogens is 2. The molecule has 0 spiro atoms. The minimum Gasteiger partial charge on any atom is -0.435 e. The molecular weight excluding hydrogens is 468 g/mol. The number of hydrogen-bond acceptors (Lipinski definition) is 6. The van der Waals surface area contributed by atoms with Crippen molar-refractivity contribution in [1.29, 1.82) is 0 Å². The van der Waals surface area contributed by atoms with Crippen molar-refractivity contribution in [2.45, 2.75) is 33.3 Å². The van der Waals surface area contributed by atoms with Crippen molar-refractivity contribution in [3.63, 3.8) is 0 Å². The molecule has 8 nitrogen and oxygen atoms in total. The molecule has 1 fully saturated rings. The quantitative estimate of drug-likeness (QED) is 0.471. The van der Waals surface area contributed by atoms with Crippen LogP contribution in [0.3, 0.4) is 0 Å².